The van der Waals surface area contributed by atoms with Gasteiger partial charge in [0.25, 0.3) is 12.4 Å². The molecule has 1 atom stereocenters. The van der Waals surface area contributed by atoms with Gasteiger partial charge in [-0.15, -0.1) is 0 Å². The van der Waals surface area contributed by atoms with Crippen LogP contribution in [-0.4, -0.2) is 95.7 Å². The Morgan fingerprint density at radius 1 is 1.11 bits per heavy atom. The van der Waals surface area contributed by atoms with Crippen LogP contribution in [0.5, 0.6) is 5.75 Å². The van der Waals surface area contributed by atoms with E-state index in [1.54, 1.807) is 4.90 Å². The molecule has 5 fully saturated rings. The van der Waals surface area contributed by atoms with E-state index in [9.17, 15) is 14.0 Å². The van der Waals surface area contributed by atoms with Crippen LogP contribution in [-0.2, 0) is 14.4 Å². The van der Waals surface area contributed by atoms with Crippen LogP contribution in [0.4, 0.5) is 4.39 Å². The summed E-state index contributed by atoms with van der Waals surface area (Å²) in [5.74, 6) is 1.47. The Morgan fingerprint density at radius 2 is 1.82 bits per heavy atom. The number of amides is 2. The molecule has 2 aliphatic carbocycles. The van der Waals surface area contributed by atoms with Gasteiger partial charge in [-0.25, -0.2) is 4.39 Å². The number of ether oxygens (including phenoxy) is 1. The second-order valence-corrected chi connectivity index (χ2v) is 11.8. The molecule has 5 aliphatic rings. The number of para-hydroxylation sites is 1. The van der Waals surface area contributed by atoms with Gasteiger partial charge in [0.2, 0.25) is 5.91 Å². The molecule has 0 radical (unpaired) electrons. The number of carbonyl (C=O) groups is 3. The Bertz CT molecular complexity index is 1020. The van der Waals surface area contributed by atoms with Crippen LogP contribution in [0.2, 0.25) is 0 Å². The number of alkyl halides is 1. The third-order valence-corrected chi connectivity index (χ3v) is 9.28. The van der Waals surface area contributed by atoms with Gasteiger partial charge in [-0.3, -0.25) is 14.4 Å². The lowest BCUT2D eigenvalue weighted by atomic mass is 9.77. The number of piperidine rings is 1. The maximum absolute atomic E-state index is 14.1. The van der Waals surface area contributed by atoms with Crippen LogP contribution >= 0.6 is 0 Å². The average Bonchev–Trinajstić information content (AvgIpc) is 3.30. The molecule has 0 bridgehead atoms. The summed E-state index contributed by atoms with van der Waals surface area (Å²) in [5.41, 5.74) is 0.0170. The Kier molecular flexibility index (Phi) is 7.93. The number of benzene rings is 1. The Morgan fingerprint density at radius 3 is 2.47 bits per heavy atom. The van der Waals surface area contributed by atoms with Crippen LogP contribution in [0.3, 0.4) is 0 Å². The van der Waals surface area contributed by atoms with Gasteiger partial charge in [-0.05, 0) is 82.0 Å². The van der Waals surface area contributed by atoms with Crippen LogP contribution < -0.4 is 4.74 Å². The van der Waals surface area contributed by atoms with E-state index in [2.05, 4.69) is 23.1 Å². The molecule has 9 heteroatoms. The highest BCUT2D eigenvalue weighted by molar-refractivity contribution is 5.88. The molecular formula is C29H40FN3O5. The van der Waals surface area contributed by atoms with Gasteiger partial charge in [0.1, 0.15) is 12.4 Å². The van der Waals surface area contributed by atoms with E-state index in [0.29, 0.717) is 44.4 Å². The van der Waals surface area contributed by atoms with Crippen molar-refractivity contribution in [1.29, 1.82) is 0 Å². The van der Waals surface area contributed by atoms with Crippen molar-refractivity contribution in [3.8, 4) is 5.75 Å². The number of carbonyl (C=O) groups excluding carboxylic acids is 2. The minimum Gasteiger partial charge on any atom is -0.491 e. The summed E-state index contributed by atoms with van der Waals surface area (Å²) >= 11 is 0. The lowest BCUT2D eigenvalue weighted by Crippen LogP contribution is -2.60. The van der Waals surface area contributed by atoms with E-state index in [1.165, 1.54) is 12.0 Å². The third-order valence-electron chi connectivity index (χ3n) is 9.28. The molecule has 0 unspecified atom stereocenters. The van der Waals surface area contributed by atoms with Crippen molar-refractivity contribution in [2.45, 2.75) is 75.4 Å². The molecular weight excluding hydrogens is 489 g/mol. The van der Waals surface area contributed by atoms with E-state index in [-0.39, 0.29) is 23.7 Å². The first-order valence-electron chi connectivity index (χ1n) is 14.2. The minimum absolute atomic E-state index is 0.236. The predicted molar refractivity (Wildman–Crippen MR) is 140 cm³/mol. The van der Waals surface area contributed by atoms with Crippen LogP contribution in [0.15, 0.2) is 24.3 Å². The first-order valence-corrected chi connectivity index (χ1v) is 14.2. The van der Waals surface area contributed by atoms with Gasteiger partial charge < -0.3 is 24.5 Å². The van der Waals surface area contributed by atoms with Crippen LogP contribution in [0.1, 0.15) is 69.3 Å². The molecule has 1 spiro atoms. The molecule has 3 aliphatic heterocycles. The number of likely N-dealkylation sites (tertiary alicyclic amines) is 3. The van der Waals surface area contributed by atoms with Crippen molar-refractivity contribution >= 4 is 18.3 Å². The van der Waals surface area contributed by atoms with E-state index < -0.39 is 5.67 Å². The topological polar surface area (TPSA) is 90.4 Å². The van der Waals surface area contributed by atoms with Gasteiger partial charge in [0.05, 0.1) is 6.54 Å². The van der Waals surface area contributed by atoms with Crippen LogP contribution in [0.25, 0.3) is 0 Å². The fourth-order valence-electron chi connectivity index (χ4n) is 7.02. The smallest absolute Gasteiger partial charge is 0.290 e. The highest BCUT2D eigenvalue weighted by Crippen LogP contribution is 2.51. The molecule has 2 saturated carbocycles. The first-order chi connectivity index (χ1) is 18.4. The molecule has 2 amide bonds. The number of nitrogens with zero attached hydrogens (tertiary/aromatic N) is 3. The zero-order valence-electron chi connectivity index (χ0n) is 22.2. The standard InChI is InChI=1S/C28H38FN3O3.CH2O2/c29-28(11-12-28)26(34)32-19-27(20-32)10-7-22(18-27)30-14-8-21(9-15-30)23-4-1-2-5-24(23)35-17-16-31-13-3-6-25(31)33;2-1-3/h1-2,4-5,21-22H,3,6-20H2;1H,(H,2,3)/t22-;/m1./s1. The maximum Gasteiger partial charge on any atom is 0.290 e. The summed E-state index contributed by atoms with van der Waals surface area (Å²) in [5, 5.41) is 6.89. The van der Waals surface area contributed by atoms with Crippen molar-refractivity contribution in [2.24, 2.45) is 5.41 Å². The molecule has 6 rings (SSSR count). The van der Waals surface area contributed by atoms with Crippen molar-refractivity contribution in [3.63, 3.8) is 0 Å². The van der Waals surface area contributed by atoms with Gasteiger partial charge in [-0.1, -0.05) is 18.2 Å². The lowest BCUT2D eigenvalue weighted by Gasteiger charge is -2.49. The second kappa shape index (κ2) is 11.2. The molecule has 208 valence electrons. The summed E-state index contributed by atoms with van der Waals surface area (Å²) in [4.78, 5) is 38.9. The van der Waals surface area contributed by atoms with E-state index >= 15 is 0 Å². The number of carboxylic acid groups (broad SMARTS) is 1. The zero-order chi connectivity index (χ0) is 26.8. The highest BCUT2D eigenvalue weighted by atomic mass is 19.1. The van der Waals surface area contributed by atoms with Crippen LogP contribution in [0, 0.1) is 5.41 Å². The largest absolute Gasteiger partial charge is 0.491 e. The number of hydrogen-bond acceptors (Lipinski definition) is 5. The molecule has 1 aromatic carbocycles. The SMILES string of the molecule is O=C1CCCN1CCOc1ccccc1C1CCN([C@@H]2CCC3(C2)CN(C(=O)C2(F)CC2)C3)CC1.O=CO. The van der Waals surface area contributed by atoms with Crippen molar-refractivity contribution < 1.29 is 28.6 Å². The molecule has 3 saturated heterocycles. The summed E-state index contributed by atoms with van der Waals surface area (Å²) in [6.45, 7) is 5.54. The van der Waals surface area contributed by atoms with Crippen molar-refractivity contribution in [1.82, 2.24) is 14.7 Å². The summed E-state index contributed by atoms with van der Waals surface area (Å²) in [6, 6.07) is 9.01. The first kappa shape index (κ1) is 26.9. The third kappa shape index (κ3) is 5.67. The van der Waals surface area contributed by atoms with Gasteiger partial charge in [-0.2, -0.15) is 0 Å². The molecule has 8 nitrogen and oxygen atoms in total. The summed E-state index contributed by atoms with van der Waals surface area (Å²) in [7, 11) is 0. The van der Waals surface area contributed by atoms with Gasteiger partial charge in [0, 0.05) is 37.5 Å². The minimum atomic E-state index is -1.52. The second-order valence-electron chi connectivity index (χ2n) is 11.8. The fraction of sp³-hybridized carbons (Fsp3) is 0.690. The Balaban J connectivity index is 0.000000937. The molecule has 1 aromatic rings. The summed E-state index contributed by atoms with van der Waals surface area (Å²) < 4.78 is 20.3. The van der Waals surface area contributed by atoms with E-state index in [4.69, 9.17) is 14.6 Å². The Labute approximate surface area is 224 Å². The average molecular weight is 530 g/mol. The molecule has 38 heavy (non-hydrogen) atoms. The maximum atomic E-state index is 14.1. The predicted octanol–water partition coefficient (Wildman–Crippen LogP) is 3.45. The monoisotopic (exact) mass is 529 g/mol. The lowest BCUT2D eigenvalue weighted by molar-refractivity contribution is -0.150. The quantitative estimate of drug-likeness (QED) is 0.545. The Hall–Kier alpha value is -2.68. The molecule has 0 aromatic heterocycles. The summed E-state index contributed by atoms with van der Waals surface area (Å²) in [6.07, 6.45) is 8.23. The number of hydrogen-bond donors (Lipinski definition) is 1. The molecule has 1 N–H and O–H groups in total. The number of halogens is 1. The van der Waals surface area contributed by atoms with Crippen molar-refractivity contribution in [3.05, 3.63) is 29.8 Å². The zero-order valence-corrected chi connectivity index (χ0v) is 22.2. The number of rotatable bonds is 7. The highest BCUT2D eigenvalue weighted by Gasteiger charge is 2.58. The normalized spacial score (nSPS) is 26.0. The molecule has 3 heterocycles. The van der Waals surface area contributed by atoms with Gasteiger partial charge in [0.15, 0.2) is 5.67 Å². The van der Waals surface area contributed by atoms with E-state index in [1.807, 2.05) is 11.0 Å². The van der Waals surface area contributed by atoms with Gasteiger partial charge >= 0.3 is 0 Å². The fourth-order valence-corrected chi connectivity index (χ4v) is 7.02. The van der Waals surface area contributed by atoms with E-state index in [0.717, 1.165) is 70.6 Å². The van der Waals surface area contributed by atoms with Crippen molar-refractivity contribution in [2.75, 3.05) is 45.9 Å².